The average Bonchev–Trinajstić information content (AvgIpc) is 2.16. The minimum absolute atomic E-state index is 0.232. The van der Waals surface area contributed by atoms with Crippen LogP contribution >= 0.6 is 0 Å². The average molecular weight is 215 g/mol. The molecule has 0 bridgehead atoms. The Morgan fingerprint density at radius 1 is 1.07 bits per heavy atom. The number of hydrogen-bond donors (Lipinski definition) is 3. The van der Waals surface area contributed by atoms with Crippen LogP contribution in [0.1, 0.15) is 27.7 Å². The van der Waals surface area contributed by atoms with Gasteiger partial charge in [0.1, 0.15) is 0 Å². The van der Waals surface area contributed by atoms with E-state index in [2.05, 4.69) is 29.8 Å². The summed E-state index contributed by atoms with van der Waals surface area (Å²) in [7, 11) is 1.47. The molecule has 0 aliphatic carbocycles. The Morgan fingerprint density at radius 3 is 2.00 bits per heavy atom. The SMILES string of the molecule is CNC(=O)NC(=O)C(C)NC(C)C(C)C. The van der Waals surface area contributed by atoms with Gasteiger partial charge in [0.05, 0.1) is 6.04 Å². The largest absolute Gasteiger partial charge is 0.341 e. The number of carbonyl (C=O) groups excluding carboxylic acids is 2. The third kappa shape index (κ3) is 5.37. The first-order valence-electron chi connectivity index (χ1n) is 5.17. The van der Waals surface area contributed by atoms with Crippen molar-refractivity contribution in [3.8, 4) is 0 Å². The lowest BCUT2D eigenvalue weighted by molar-refractivity contribution is -0.121. The van der Waals surface area contributed by atoms with Crippen molar-refractivity contribution in [1.82, 2.24) is 16.0 Å². The van der Waals surface area contributed by atoms with Crippen molar-refractivity contribution >= 4 is 11.9 Å². The zero-order valence-corrected chi connectivity index (χ0v) is 10.0. The van der Waals surface area contributed by atoms with Crippen molar-refractivity contribution in [2.75, 3.05) is 7.05 Å². The van der Waals surface area contributed by atoms with E-state index in [1.54, 1.807) is 6.92 Å². The second-order valence-corrected chi connectivity index (χ2v) is 3.99. The molecule has 2 unspecified atom stereocenters. The molecular formula is C10H21N3O2. The topological polar surface area (TPSA) is 70.2 Å². The minimum Gasteiger partial charge on any atom is -0.341 e. The molecule has 0 radical (unpaired) electrons. The highest BCUT2D eigenvalue weighted by atomic mass is 16.2. The van der Waals surface area contributed by atoms with Crippen LogP contribution in [-0.4, -0.2) is 31.1 Å². The first-order valence-corrected chi connectivity index (χ1v) is 5.17. The van der Waals surface area contributed by atoms with Crippen molar-refractivity contribution in [3.05, 3.63) is 0 Å². The monoisotopic (exact) mass is 215 g/mol. The lowest BCUT2D eigenvalue weighted by Gasteiger charge is -2.21. The number of nitrogens with one attached hydrogen (secondary N) is 3. The highest BCUT2D eigenvalue weighted by Crippen LogP contribution is 2.00. The molecule has 2 atom stereocenters. The molecule has 0 aromatic carbocycles. The highest BCUT2D eigenvalue weighted by Gasteiger charge is 2.18. The number of urea groups is 1. The molecular weight excluding hydrogens is 194 g/mol. The van der Waals surface area contributed by atoms with Gasteiger partial charge in [-0.15, -0.1) is 0 Å². The predicted octanol–water partition coefficient (Wildman–Crippen LogP) is 0.465. The highest BCUT2D eigenvalue weighted by molar-refractivity contribution is 5.96. The van der Waals surface area contributed by atoms with Crippen LogP contribution < -0.4 is 16.0 Å². The van der Waals surface area contributed by atoms with Crippen molar-refractivity contribution in [2.45, 2.75) is 39.8 Å². The lowest BCUT2D eigenvalue weighted by Crippen LogP contribution is -2.50. The van der Waals surface area contributed by atoms with E-state index in [0.29, 0.717) is 5.92 Å². The summed E-state index contributed by atoms with van der Waals surface area (Å²) in [5, 5.41) is 7.67. The van der Waals surface area contributed by atoms with E-state index in [-0.39, 0.29) is 18.0 Å². The Morgan fingerprint density at radius 2 is 1.60 bits per heavy atom. The molecule has 0 aliphatic rings. The molecule has 0 aliphatic heterocycles. The summed E-state index contributed by atoms with van der Waals surface area (Å²) in [6.45, 7) is 7.88. The fourth-order valence-electron chi connectivity index (χ4n) is 0.945. The number of imide groups is 1. The van der Waals surface area contributed by atoms with Gasteiger partial charge in [0, 0.05) is 13.1 Å². The molecule has 0 spiro atoms. The van der Waals surface area contributed by atoms with Gasteiger partial charge in [0.2, 0.25) is 5.91 Å². The van der Waals surface area contributed by atoms with Crippen LogP contribution in [0, 0.1) is 5.92 Å². The molecule has 5 nitrogen and oxygen atoms in total. The second kappa shape index (κ2) is 6.40. The van der Waals surface area contributed by atoms with Crippen molar-refractivity contribution in [2.24, 2.45) is 5.92 Å². The number of amides is 3. The summed E-state index contributed by atoms with van der Waals surface area (Å²) < 4.78 is 0. The van der Waals surface area contributed by atoms with E-state index in [9.17, 15) is 9.59 Å². The molecule has 3 amide bonds. The fraction of sp³-hybridized carbons (Fsp3) is 0.800. The molecule has 0 rings (SSSR count). The maximum atomic E-state index is 11.4. The molecule has 15 heavy (non-hydrogen) atoms. The third-order valence-corrected chi connectivity index (χ3v) is 2.37. The molecule has 0 aromatic heterocycles. The zero-order chi connectivity index (χ0) is 12.0. The van der Waals surface area contributed by atoms with Gasteiger partial charge in [-0.1, -0.05) is 13.8 Å². The Bertz CT molecular complexity index is 229. The first-order chi connectivity index (χ1) is 6.88. The third-order valence-electron chi connectivity index (χ3n) is 2.37. The molecule has 0 aromatic rings. The normalized spacial score (nSPS) is 14.5. The Kier molecular flexibility index (Phi) is 5.93. The van der Waals surface area contributed by atoms with E-state index in [1.807, 2.05) is 6.92 Å². The summed E-state index contributed by atoms with van der Waals surface area (Å²) in [4.78, 5) is 22.3. The van der Waals surface area contributed by atoms with Gasteiger partial charge >= 0.3 is 6.03 Å². The van der Waals surface area contributed by atoms with Crippen LogP contribution in [-0.2, 0) is 4.79 Å². The van der Waals surface area contributed by atoms with Gasteiger partial charge in [-0.05, 0) is 19.8 Å². The molecule has 0 saturated heterocycles. The molecule has 0 saturated carbocycles. The zero-order valence-electron chi connectivity index (χ0n) is 10.0. The van der Waals surface area contributed by atoms with Crippen LogP contribution in [0.3, 0.4) is 0 Å². The van der Waals surface area contributed by atoms with E-state index >= 15 is 0 Å². The van der Waals surface area contributed by atoms with E-state index in [1.165, 1.54) is 7.05 Å². The van der Waals surface area contributed by atoms with Gasteiger partial charge in [-0.3, -0.25) is 10.1 Å². The number of rotatable bonds is 4. The number of hydrogen-bond acceptors (Lipinski definition) is 3. The Hall–Kier alpha value is -1.10. The van der Waals surface area contributed by atoms with Gasteiger partial charge in [0.25, 0.3) is 0 Å². The summed E-state index contributed by atoms with van der Waals surface area (Å²) in [6.07, 6.45) is 0. The maximum absolute atomic E-state index is 11.4. The van der Waals surface area contributed by atoms with Crippen LogP contribution in [0.4, 0.5) is 4.79 Å². The summed E-state index contributed by atoms with van der Waals surface area (Å²) in [6, 6.07) is -0.624. The summed E-state index contributed by atoms with van der Waals surface area (Å²) >= 11 is 0. The van der Waals surface area contributed by atoms with Crippen LogP contribution in [0.5, 0.6) is 0 Å². The standard InChI is InChI=1S/C10H21N3O2/c1-6(2)7(3)12-8(4)9(14)13-10(15)11-5/h6-8,12H,1-5H3,(H2,11,13,14,15). The second-order valence-electron chi connectivity index (χ2n) is 3.99. The van der Waals surface area contributed by atoms with E-state index < -0.39 is 6.03 Å². The van der Waals surface area contributed by atoms with Crippen molar-refractivity contribution in [1.29, 1.82) is 0 Å². The quantitative estimate of drug-likeness (QED) is 0.638. The first kappa shape index (κ1) is 13.9. The van der Waals surface area contributed by atoms with Gasteiger partial charge in [-0.25, -0.2) is 4.79 Å². The van der Waals surface area contributed by atoms with Crippen molar-refractivity contribution in [3.63, 3.8) is 0 Å². The van der Waals surface area contributed by atoms with Crippen LogP contribution in [0.25, 0.3) is 0 Å². The fourth-order valence-corrected chi connectivity index (χ4v) is 0.945. The van der Waals surface area contributed by atoms with Crippen LogP contribution in [0.15, 0.2) is 0 Å². The molecule has 3 N–H and O–H groups in total. The summed E-state index contributed by atoms with van der Waals surface area (Å²) in [5.74, 6) is 0.127. The predicted molar refractivity (Wildman–Crippen MR) is 59.5 cm³/mol. The molecule has 5 heteroatoms. The van der Waals surface area contributed by atoms with Crippen molar-refractivity contribution < 1.29 is 9.59 Å². The lowest BCUT2D eigenvalue weighted by atomic mass is 10.1. The summed E-state index contributed by atoms with van der Waals surface area (Å²) in [5.41, 5.74) is 0. The van der Waals surface area contributed by atoms with E-state index in [4.69, 9.17) is 0 Å². The molecule has 0 heterocycles. The van der Waals surface area contributed by atoms with E-state index in [0.717, 1.165) is 0 Å². The molecule has 0 fully saturated rings. The Labute approximate surface area is 91.0 Å². The molecule has 88 valence electrons. The van der Waals surface area contributed by atoms with Gasteiger partial charge in [-0.2, -0.15) is 0 Å². The van der Waals surface area contributed by atoms with Crippen LogP contribution in [0.2, 0.25) is 0 Å². The maximum Gasteiger partial charge on any atom is 0.321 e. The smallest absolute Gasteiger partial charge is 0.321 e. The van der Waals surface area contributed by atoms with Gasteiger partial charge in [0.15, 0.2) is 0 Å². The number of carbonyl (C=O) groups is 2. The van der Waals surface area contributed by atoms with Gasteiger partial charge < -0.3 is 10.6 Å². The minimum atomic E-state index is -0.481. The Balaban J connectivity index is 4.04.